The van der Waals surface area contributed by atoms with Gasteiger partial charge < -0.3 is 9.47 Å². The summed E-state index contributed by atoms with van der Waals surface area (Å²) in [6.45, 7) is 4.58. The largest absolute Gasteiger partial charge is 0.463 e. The van der Waals surface area contributed by atoms with Crippen LogP contribution in [-0.2, 0) is 11.3 Å². The van der Waals surface area contributed by atoms with Gasteiger partial charge in [-0.05, 0) is 63.9 Å². The van der Waals surface area contributed by atoms with Crippen molar-refractivity contribution in [3.05, 3.63) is 125 Å². The second-order valence-corrected chi connectivity index (χ2v) is 10.3. The highest BCUT2D eigenvalue weighted by Crippen LogP contribution is 2.31. The number of ether oxygens (including phenoxy) is 2. The van der Waals surface area contributed by atoms with Crippen LogP contribution in [0.4, 0.5) is 0 Å². The van der Waals surface area contributed by atoms with Crippen molar-refractivity contribution < 1.29 is 19.1 Å². The lowest BCUT2D eigenvalue weighted by atomic mass is 9.94. The fourth-order valence-corrected chi connectivity index (χ4v) is 5.38. The van der Waals surface area contributed by atoms with E-state index < -0.39 is 6.29 Å². The van der Waals surface area contributed by atoms with Crippen LogP contribution in [0.5, 0.6) is 5.75 Å². The van der Waals surface area contributed by atoms with Gasteiger partial charge in [0.05, 0.1) is 13.2 Å². The Bertz CT molecular complexity index is 1650. The highest BCUT2D eigenvalue weighted by atomic mass is 16.7. The van der Waals surface area contributed by atoms with Gasteiger partial charge in [-0.2, -0.15) is 0 Å². The molecule has 5 aromatic carbocycles. The molecule has 5 heteroatoms. The minimum absolute atomic E-state index is 0.0414. The molecular formula is C35H31NO4. The van der Waals surface area contributed by atoms with Crippen molar-refractivity contribution in [2.75, 3.05) is 6.54 Å². The third-order valence-electron chi connectivity index (χ3n) is 7.82. The van der Waals surface area contributed by atoms with Gasteiger partial charge in [0.25, 0.3) is 11.8 Å². The van der Waals surface area contributed by atoms with Gasteiger partial charge in [-0.15, -0.1) is 0 Å². The number of benzene rings is 5. The lowest BCUT2D eigenvalue weighted by Gasteiger charge is -2.30. The quantitative estimate of drug-likeness (QED) is 0.145. The van der Waals surface area contributed by atoms with Crippen LogP contribution in [0, 0.1) is 0 Å². The zero-order chi connectivity index (χ0) is 27.6. The number of rotatable bonds is 9. The Morgan fingerprint density at radius 1 is 0.725 bits per heavy atom. The van der Waals surface area contributed by atoms with Crippen molar-refractivity contribution in [1.29, 1.82) is 0 Å². The van der Waals surface area contributed by atoms with E-state index in [1.807, 2.05) is 60.7 Å². The van der Waals surface area contributed by atoms with Crippen molar-refractivity contribution in [3.8, 4) is 5.75 Å². The smallest absolute Gasteiger partial charge is 0.261 e. The van der Waals surface area contributed by atoms with E-state index in [-0.39, 0.29) is 25.0 Å². The average Bonchev–Trinajstić information content (AvgIpc) is 3.00. The lowest BCUT2D eigenvalue weighted by molar-refractivity contribution is -0.0964. The Labute approximate surface area is 233 Å². The molecular weight excluding hydrogens is 498 g/mol. The average molecular weight is 530 g/mol. The Balaban J connectivity index is 1.30. The van der Waals surface area contributed by atoms with E-state index in [4.69, 9.17) is 9.47 Å². The zero-order valence-electron chi connectivity index (χ0n) is 22.7. The number of carbonyl (C=O) groups excluding carboxylic acids is 2. The van der Waals surface area contributed by atoms with Gasteiger partial charge in [0.2, 0.25) is 6.29 Å². The van der Waals surface area contributed by atoms with Crippen LogP contribution < -0.4 is 4.74 Å². The number of amides is 2. The molecule has 0 N–H and O–H groups in total. The van der Waals surface area contributed by atoms with Gasteiger partial charge in [0.15, 0.2) is 0 Å². The summed E-state index contributed by atoms with van der Waals surface area (Å²) >= 11 is 0. The molecule has 200 valence electrons. The Morgan fingerprint density at radius 3 is 2.05 bits per heavy atom. The maximum absolute atomic E-state index is 13.6. The maximum Gasteiger partial charge on any atom is 0.261 e. The Kier molecular flexibility index (Phi) is 7.06. The van der Waals surface area contributed by atoms with Crippen LogP contribution >= 0.6 is 0 Å². The van der Waals surface area contributed by atoms with E-state index in [0.29, 0.717) is 28.2 Å². The zero-order valence-corrected chi connectivity index (χ0v) is 22.7. The molecule has 1 heterocycles. The Hall–Kier alpha value is -4.48. The van der Waals surface area contributed by atoms with Crippen molar-refractivity contribution in [2.45, 2.75) is 39.1 Å². The molecule has 0 saturated heterocycles. The number of imide groups is 1. The van der Waals surface area contributed by atoms with E-state index in [2.05, 4.69) is 44.2 Å². The molecule has 0 aliphatic carbocycles. The lowest BCUT2D eigenvalue weighted by Crippen LogP contribution is -2.46. The van der Waals surface area contributed by atoms with Crippen LogP contribution in [0.25, 0.3) is 21.5 Å². The summed E-state index contributed by atoms with van der Waals surface area (Å²) in [6, 6.07) is 33.2. The molecule has 2 amide bonds. The van der Waals surface area contributed by atoms with Crippen LogP contribution in [-0.4, -0.2) is 29.5 Å². The van der Waals surface area contributed by atoms with Gasteiger partial charge in [0.1, 0.15) is 5.75 Å². The molecule has 0 aromatic heterocycles. The summed E-state index contributed by atoms with van der Waals surface area (Å²) in [5.74, 6) is 0.376. The van der Waals surface area contributed by atoms with Crippen LogP contribution in [0.2, 0.25) is 0 Å². The summed E-state index contributed by atoms with van der Waals surface area (Å²) in [5, 5.41) is 3.78. The number of nitrogens with zero attached hydrogens (tertiary/aromatic N) is 1. The van der Waals surface area contributed by atoms with E-state index >= 15 is 0 Å². The molecule has 1 aliphatic rings. The van der Waals surface area contributed by atoms with Gasteiger partial charge in [0, 0.05) is 16.5 Å². The van der Waals surface area contributed by atoms with Crippen molar-refractivity contribution in [3.63, 3.8) is 0 Å². The minimum Gasteiger partial charge on any atom is -0.463 e. The predicted octanol–water partition coefficient (Wildman–Crippen LogP) is 7.72. The Morgan fingerprint density at radius 2 is 1.35 bits per heavy atom. The maximum atomic E-state index is 13.6. The molecule has 0 bridgehead atoms. The molecule has 0 saturated carbocycles. The van der Waals surface area contributed by atoms with Gasteiger partial charge >= 0.3 is 0 Å². The van der Waals surface area contributed by atoms with E-state index in [0.717, 1.165) is 28.1 Å². The predicted molar refractivity (Wildman–Crippen MR) is 158 cm³/mol. The topological polar surface area (TPSA) is 55.8 Å². The molecule has 5 nitrogen and oxygen atoms in total. The third kappa shape index (κ3) is 4.85. The van der Waals surface area contributed by atoms with E-state index in [9.17, 15) is 9.59 Å². The number of hydrogen-bond donors (Lipinski definition) is 0. The first-order valence-electron chi connectivity index (χ1n) is 13.8. The molecule has 6 rings (SSSR count). The first kappa shape index (κ1) is 25.8. The summed E-state index contributed by atoms with van der Waals surface area (Å²) < 4.78 is 12.6. The summed E-state index contributed by atoms with van der Waals surface area (Å²) in [4.78, 5) is 28.4. The molecule has 0 fully saturated rings. The minimum atomic E-state index is -0.870. The second-order valence-electron chi connectivity index (χ2n) is 10.3. The van der Waals surface area contributed by atoms with Crippen LogP contribution in [0.15, 0.2) is 103 Å². The number of fused-ring (bicyclic) bond motifs is 1. The molecule has 5 aromatic rings. The standard InChI is InChI=1S/C35H31NO4/c1-3-23(2)24-17-19-28(20-18-24)40-32(39-22-27-13-6-10-25-9-4-5-14-29(25)27)21-36-34(37)30-15-7-11-26-12-8-16-31(33(26)30)35(36)38/h4-20,23,32H,3,21-22H2,1-2H3. The normalized spacial score (nSPS) is 14.5. The molecule has 0 spiro atoms. The van der Waals surface area contributed by atoms with Crippen LogP contribution in [0.3, 0.4) is 0 Å². The summed E-state index contributed by atoms with van der Waals surface area (Å²) in [7, 11) is 0. The highest BCUT2D eigenvalue weighted by molar-refractivity contribution is 6.25. The fraction of sp³-hybridized carbons (Fsp3) is 0.200. The van der Waals surface area contributed by atoms with Crippen molar-refractivity contribution in [2.24, 2.45) is 0 Å². The molecule has 2 atom stereocenters. The molecule has 40 heavy (non-hydrogen) atoms. The van der Waals surface area contributed by atoms with Gasteiger partial charge in [-0.25, -0.2) is 0 Å². The molecule has 2 unspecified atom stereocenters. The number of carbonyl (C=O) groups is 2. The van der Waals surface area contributed by atoms with Gasteiger partial charge in [-0.1, -0.05) is 92.7 Å². The fourth-order valence-electron chi connectivity index (χ4n) is 5.38. The van der Waals surface area contributed by atoms with Crippen molar-refractivity contribution >= 4 is 33.4 Å². The van der Waals surface area contributed by atoms with E-state index in [1.54, 1.807) is 12.1 Å². The third-order valence-corrected chi connectivity index (χ3v) is 7.82. The van der Waals surface area contributed by atoms with Crippen LogP contribution in [0.1, 0.15) is 58.0 Å². The summed E-state index contributed by atoms with van der Waals surface area (Å²) in [5.41, 5.74) is 3.26. The van der Waals surface area contributed by atoms with E-state index in [1.165, 1.54) is 10.5 Å². The highest BCUT2D eigenvalue weighted by Gasteiger charge is 2.35. The molecule has 1 aliphatic heterocycles. The monoisotopic (exact) mass is 529 g/mol. The second kappa shape index (κ2) is 10.9. The first-order valence-corrected chi connectivity index (χ1v) is 13.8. The molecule has 0 radical (unpaired) electrons. The van der Waals surface area contributed by atoms with Crippen molar-refractivity contribution in [1.82, 2.24) is 4.90 Å². The number of hydrogen-bond acceptors (Lipinski definition) is 4. The SMILES string of the molecule is CCC(C)c1ccc(OC(CN2C(=O)c3cccc4cccc(c34)C2=O)OCc2cccc3ccccc23)cc1. The summed E-state index contributed by atoms with van der Waals surface area (Å²) in [6.07, 6.45) is 0.176. The van der Waals surface area contributed by atoms with Gasteiger partial charge in [-0.3, -0.25) is 14.5 Å². The first-order chi connectivity index (χ1) is 19.5.